The Morgan fingerprint density at radius 2 is 1.59 bits per heavy atom. The van der Waals surface area contributed by atoms with E-state index in [0.717, 1.165) is 11.1 Å². The van der Waals surface area contributed by atoms with Crippen molar-refractivity contribution in [2.45, 2.75) is 19.4 Å². The van der Waals surface area contributed by atoms with Gasteiger partial charge in [-0.2, -0.15) is 0 Å². The third-order valence-corrected chi connectivity index (χ3v) is 4.03. The number of esters is 1. The molecule has 2 aromatic rings. The lowest BCUT2D eigenvalue weighted by molar-refractivity contribution is -0.148. The van der Waals surface area contributed by atoms with Crippen molar-refractivity contribution >= 4 is 29.4 Å². The van der Waals surface area contributed by atoms with E-state index in [1.807, 2.05) is 36.4 Å². The van der Waals surface area contributed by atoms with E-state index in [1.165, 1.54) is 0 Å². The van der Waals surface area contributed by atoms with Crippen LogP contribution >= 0.6 is 11.6 Å². The third kappa shape index (κ3) is 7.92. The first kappa shape index (κ1) is 20.5. The first-order valence-electron chi connectivity index (χ1n) is 8.51. The number of benzene rings is 2. The standard InChI is InChI=1S/C20H21ClN2O4/c21-17-9-5-4-8-16(17)13-23-19(25)14-27-20(26)10-11-22-18(24)12-15-6-2-1-3-7-15/h1-9H,10-14H2,(H,22,24)(H,23,25). The molecular formula is C20H21ClN2O4. The van der Waals surface area contributed by atoms with Gasteiger partial charge in [0.25, 0.3) is 5.91 Å². The van der Waals surface area contributed by atoms with Crippen LogP contribution in [0.1, 0.15) is 17.5 Å². The van der Waals surface area contributed by atoms with Gasteiger partial charge in [0.15, 0.2) is 6.61 Å². The molecule has 2 aromatic carbocycles. The fourth-order valence-electron chi connectivity index (χ4n) is 2.25. The molecule has 0 saturated carbocycles. The van der Waals surface area contributed by atoms with Crippen LogP contribution < -0.4 is 10.6 Å². The molecule has 7 heteroatoms. The van der Waals surface area contributed by atoms with Gasteiger partial charge < -0.3 is 15.4 Å². The van der Waals surface area contributed by atoms with Crippen molar-refractivity contribution in [3.8, 4) is 0 Å². The minimum Gasteiger partial charge on any atom is -0.456 e. The average molecular weight is 389 g/mol. The summed E-state index contributed by atoms with van der Waals surface area (Å²) in [5.41, 5.74) is 1.67. The van der Waals surface area contributed by atoms with Crippen molar-refractivity contribution in [2.75, 3.05) is 13.2 Å². The first-order chi connectivity index (χ1) is 13.0. The number of amides is 2. The minimum absolute atomic E-state index is 0.00166. The molecule has 0 aliphatic heterocycles. The summed E-state index contributed by atoms with van der Waals surface area (Å²) < 4.78 is 4.89. The fourth-order valence-corrected chi connectivity index (χ4v) is 2.46. The maximum absolute atomic E-state index is 11.8. The molecule has 2 amide bonds. The van der Waals surface area contributed by atoms with E-state index in [0.29, 0.717) is 5.02 Å². The highest BCUT2D eigenvalue weighted by Gasteiger charge is 2.09. The molecule has 27 heavy (non-hydrogen) atoms. The van der Waals surface area contributed by atoms with Gasteiger partial charge in [-0.1, -0.05) is 60.1 Å². The smallest absolute Gasteiger partial charge is 0.308 e. The van der Waals surface area contributed by atoms with Gasteiger partial charge in [0.1, 0.15) is 0 Å². The quantitative estimate of drug-likeness (QED) is 0.645. The van der Waals surface area contributed by atoms with Crippen LogP contribution in [0.2, 0.25) is 5.02 Å². The van der Waals surface area contributed by atoms with E-state index in [-0.39, 0.29) is 38.4 Å². The van der Waals surface area contributed by atoms with Crippen LogP contribution in [0, 0.1) is 0 Å². The van der Waals surface area contributed by atoms with E-state index >= 15 is 0 Å². The highest BCUT2D eigenvalue weighted by Crippen LogP contribution is 2.14. The van der Waals surface area contributed by atoms with Crippen LogP contribution in [-0.4, -0.2) is 30.9 Å². The normalized spacial score (nSPS) is 10.1. The Morgan fingerprint density at radius 3 is 2.33 bits per heavy atom. The summed E-state index contributed by atoms with van der Waals surface area (Å²) in [5, 5.41) is 5.83. The molecule has 2 rings (SSSR count). The molecule has 0 fully saturated rings. The van der Waals surface area contributed by atoms with Crippen molar-refractivity contribution in [3.63, 3.8) is 0 Å². The average Bonchev–Trinajstić information content (AvgIpc) is 2.66. The van der Waals surface area contributed by atoms with Gasteiger partial charge in [-0.05, 0) is 17.2 Å². The lowest BCUT2D eigenvalue weighted by Crippen LogP contribution is -2.30. The number of hydrogen-bond donors (Lipinski definition) is 2. The zero-order chi connectivity index (χ0) is 19.5. The Labute approximate surface area is 162 Å². The van der Waals surface area contributed by atoms with Crippen molar-refractivity contribution in [1.82, 2.24) is 10.6 Å². The minimum atomic E-state index is -0.553. The Hall–Kier alpha value is -2.86. The van der Waals surface area contributed by atoms with Gasteiger partial charge in [-0.3, -0.25) is 14.4 Å². The molecule has 0 aromatic heterocycles. The largest absolute Gasteiger partial charge is 0.456 e. The molecule has 0 aliphatic rings. The zero-order valence-electron chi connectivity index (χ0n) is 14.7. The number of halogens is 1. The molecule has 0 radical (unpaired) electrons. The highest BCUT2D eigenvalue weighted by molar-refractivity contribution is 6.31. The van der Waals surface area contributed by atoms with Crippen LogP contribution in [0.4, 0.5) is 0 Å². The van der Waals surface area contributed by atoms with Gasteiger partial charge in [-0.25, -0.2) is 0 Å². The Kier molecular flexibility index (Phi) is 8.32. The molecule has 2 N–H and O–H groups in total. The second kappa shape index (κ2) is 11.0. The van der Waals surface area contributed by atoms with Crippen molar-refractivity contribution in [1.29, 1.82) is 0 Å². The number of carbonyl (C=O) groups is 3. The predicted octanol–water partition coefficient (Wildman–Crippen LogP) is 2.25. The Balaban J connectivity index is 1.58. The first-order valence-corrected chi connectivity index (χ1v) is 8.89. The maximum atomic E-state index is 11.8. The number of nitrogens with one attached hydrogen (secondary N) is 2. The molecule has 0 saturated heterocycles. The van der Waals surface area contributed by atoms with Gasteiger partial charge in [0.05, 0.1) is 12.8 Å². The molecule has 0 bridgehead atoms. The number of ether oxygens (including phenoxy) is 1. The van der Waals surface area contributed by atoms with E-state index in [4.69, 9.17) is 16.3 Å². The molecule has 0 heterocycles. The van der Waals surface area contributed by atoms with E-state index in [1.54, 1.807) is 18.2 Å². The highest BCUT2D eigenvalue weighted by atomic mass is 35.5. The Bertz CT molecular complexity index is 781. The van der Waals surface area contributed by atoms with Crippen LogP contribution in [0.15, 0.2) is 54.6 Å². The molecular weight excluding hydrogens is 368 g/mol. The summed E-state index contributed by atoms with van der Waals surface area (Å²) in [5.74, 6) is -1.15. The molecule has 0 spiro atoms. The predicted molar refractivity (Wildman–Crippen MR) is 102 cm³/mol. The van der Waals surface area contributed by atoms with Gasteiger partial charge in [0, 0.05) is 18.1 Å². The Morgan fingerprint density at radius 1 is 0.889 bits per heavy atom. The summed E-state index contributed by atoms with van der Waals surface area (Å²) in [6.45, 7) is 0.0403. The van der Waals surface area contributed by atoms with Crippen LogP contribution in [-0.2, 0) is 32.1 Å². The summed E-state index contributed by atoms with van der Waals surface area (Å²) in [6.07, 6.45) is 0.249. The summed E-state index contributed by atoms with van der Waals surface area (Å²) in [6, 6.07) is 16.5. The molecule has 0 unspecified atom stereocenters. The van der Waals surface area contributed by atoms with Gasteiger partial charge in [-0.15, -0.1) is 0 Å². The van der Waals surface area contributed by atoms with Gasteiger partial charge in [0.2, 0.25) is 5.91 Å². The summed E-state index contributed by atoms with van der Waals surface area (Å²) >= 11 is 6.00. The summed E-state index contributed by atoms with van der Waals surface area (Å²) in [7, 11) is 0. The molecule has 142 valence electrons. The van der Waals surface area contributed by atoms with Crippen molar-refractivity contribution in [2.24, 2.45) is 0 Å². The fraction of sp³-hybridized carbons (Fsp3) is 0.250. The van der Waals surface area contributed by atoms with Crippen LogP contribution in [0.25, 0.3) is 0 Å². The van der Waals surface area contributed by atoms with Crippen LogP contribution in [0.3, 0.4) is 0 Å². The van der Waals surface area contributed by atoms with Gasteiger partial charge >= 0.3 is 5.97 Å². The van der Waals surface area contributed by atoms with E-state index in [9.17, 15) is 14.4 Å². The molecule has 0 aliphatic carbocycles. The second-order valence-electron chi connectivity index (χ2n) is 5.79. The van der Waals surface area contributed by atoms with Crippen molar-refractivity contribution in [3.05, 3.63) is 70.7 Å². The topological polar surface area (TPSA) is 84.5 Å². The summed E-state index contributed by atoms with van der Waals surface area (Å²) in [4.78, 5) is 35.1. The van der Waals surface area contributed by atoms with Crippen molar-refractivity contribution < 1.29 is 19.1 Å². The molecule has 0 atom stereocenters. The van der Waals surface area contributed by atoms with Crippen LogP contribution in [0.5, 0.6) is 0 Å². The number of hydrogen-bond acceptors (Lipinski definition) is 4. The number of rotatable bonds is 9. The van der Waals surface area contributed by atoms with E-state index in [2.05, 4.69) is 10.6 Å². The number of carbonyl (C=O) groups excluding carboxylic acids is 3. The second-order valence-corrected chi connectivity index (χ2v) is 6.20. The zero-order valence-corrected chi connectivity index (χ0v) is 15.5. The lowest BCUT2D eigenvalue weighted by Gasteiger charge is -2.08. The monoisotopic (exact) mass is 388 g/mol. The maximum Gasteiger partial charge on any atom is 0.308 e. The van der Waals surface area contributed by atoms with E-state index < -0.39 is 11.9 Å². The molecule has 6 nitrogen and oxygen atoms in total. The lowest BCUT2D eigenvalue weighted by atomic mass is 10.1. The SMILES string of the molecule is O=C(COC(=O)CCNC(=O)Cc1ccccc1)NCc1ccccc1Cl. The third-order valence-electron chi connectivity index (χ3n) is 3.66.